The minimum absolute atomic E-state index is 0.723. The quantitative estimate of drug-likeness (QED) is 0.712. The minimum Gasteiger partial charge on any atom is -0.383 e. The van der Waals surface area contributed by atoms with Gasteiger partial charge in [-0.1, -0.05) is 42.5 Å². The summed E-state index contributed by atoms with van der Waals surface area (Å²) in [6.07, 6.45) is 11.0. The van der Waals surface area contributed by atoms with Crippen molar-refractivity contribution in [2.24, 2.45) is 0 Å². The number of hydrogen-bond acceptors (Lipinski definition) is 3. The number of benzene rings is 1. The third-order valence-corrected chi connectivity index (χ3v) is 4.21. The number of aromatic nitrogens is 2. The molecule has 4 heteroatoms. The van der Waals surface area contributed by atoms with Gasteiger partial charge in [0.1, 0.15) is 0 Å². The van der Waals surface area contributed by atoms with Gasteiger partial charge in [-0.25, -0.2) is 4.98 Å². The van der Waals surface area contributed by atoms with Crippen LogP contribution in [0.5, 0.6) is 0 Å². The Morgan fingerprint density at radius 1 is 1.30 bits per heavy atom. The van der Waals surface area contributed by atoms with Gasteiger partial charge in [-0.2, -0.15) is 0 Å². The average Bonchev–Trinajstić information content (AvgIpc) is 3.34. The van der Waals surface area contributed by atoms with Crippen molar-refractivity contribution in [2.75, 3.05) is 20.3 Å². The molecule has 1 fully saturated rings. The first kappa shape index (κ1) is 16.0. The molecule has 0 bridgehead atoms. The van der Waals surface area contributed by atoms with E-state index in [9.17, 15) is 0 Å². The van der Waals surface area contributed by atoms with Gasteiger partial charge >= 0.3 is 0 Å². The molecule has 0 aliphatic heterocycles. The van der Waals surface area contributed by atoms with E-state index in [0.717, 1.165) is 32.3 Å². The zero-order chi connectivity index (χ0) is 15.9. The number of imidazole rings is 1. The van der Waals surface area contributed by atoms with Crippen molar-refractivity contribution >= 4 is 6.08 Å². The van der Waals surface area contributed by atoms with Gasteiger partial charge in [0.15, 0.2) is 0 Å². The summed E-state index contributed by atoms with van der Waals surface area (Å²) in [5.74, 6) is 0. The highest BCUT2D eigenvalue weighted by Crippen LogP contribution is 2.28. The molecule has 1 saturated carbocycles. The summed E-state index contributed by atoms with van der Waals surface area (Å²) in [7, 11) is 1.74. The van der Waals surface area contributed by atoms with Crippen LogP contribution in [0.1, 0.15) is 24.1 Å². The average molecular weight is 311 g/mol. The third kappa shape index (κ3) is 4.78. The maximum atomic E-state index is 5.18. The second-order valence-corrected chi connectivity index (χ2v) is 6.04. The van der Waals surface area contributed by atoms with Crippen LogP contribution in [-0.2, 0) is 17.8 Å². The fourth-order valence-corrected chi connectivity index (χ4v) is 2.75. The van der Waals surface area contributed by atoms with E-state index in [1.165, 1.54) is 24.1 Å². The molecule has 0 spiro atoms. The summed E-state index contributed by atoms with van der Waals surface area (Å²) < 4.78 is 7.37. The van der Waals surface area contributed by atoms with Gasteiger partial charge in [-0.05, 0) is 18.4 Å². The Bertz CT molecular complexity index is 617. The van der Waals surface area contributed by atoms with Crippen molar-refractivity contribution in [3.63, 3.8) is 0 Å². The van der Waals surface area contributed by atoms with Crippen molar-refractivity contribution in [2.45, 2.75) is 32.0 Å². The normalized spacial score (nSPS) is 14.9. The number of rotatable bonds is 9. The van der Waals surface area contributed by atoms with Crippen molar-refractivity contribution in [3.05, 3.63) is 60.2 Å². The molecule has 1 heterocycles. The Hall–Kier alpha value is -1.91. The number of nitrogens with zero attached hydrogens (tertiary/aromatic N) is 3. The topological polar surface area (TPSA) is 30.3 Å². The predicted octanol–water partition coefficient (Wildman–Crippen LogP) is 3.21. The lowest BCUT2D eigenvalue weighted by Gasteiger charge is -2.21. The van der Waals surface area contributed by atoms with Crippen LogP contribution >= 0.6 is 0 Å². The monoisotopic (exact) mass is 311 g/mol. The van der Waals surface area contributed by atoms with Gasteiger partial charge in [0, 0.05) is 39.0 Å². The van der Waals surface area contributed by atoms with Gasteiger partial charge in [0.25, 0.3) is 0 Å². The molecule has 122 valence electrons. The first-order valence-corrected chi connectivity index (χ1v) is 8.30. The molecule has 1 aromatic carbocycles. The van der Waals surface area contributed by atoms with Gasteiger partial charge in [-0.3, -0.25) is 4.90 Å². The molecule has 1 aliphatic rings. The van der Waals surface area contributed by atoms with Crippen LogP contribution in [0.25, 0.3) is 6.08 Å². The summed E-state index contributed by atoms with van der Waals surface area (Å²) in [5, 5.41) is 0. The second kappa shape index (κ2) is 8.09. The highest BCUT2D eigenvalue weighted by Gasteiger charge is 2.28. The van der Waals surface area contributed by atoms with Crippen LogP contribution in [0.2, 0.25) is 0 Å². The fourth-order valence-electron chi connectivity index (χ4n) is 2.75. The van der Waals surface area contributed by atoms with Crippen LogP contribution in [0.4, 0.5) is 0 Å². The van der Waals surface area contributed by atoms with E-state index >= 15 is 0 Å². The summed E-state index contributed by atoms with van der Waals surface area (Å²) >= 11 is 0. The highest BCUT2D eigenvalue weighted by atomic mass is 16.5. The molecule has 1 aliphatic carbocycles. The predicted molar refractivity (Wildman–Crippen MR) is 93.0 cm³/mol. The molecule has 0 N–H and O–H groups in total. The summed E-state index contributed by atoms with van der Waals surface area (Å²) in [4.78, 5) is 6.84. The molecule has 0 amide bonds. The summed E-state index contributed by atoms with van der Waals surface area (Å²) in [5.41, 5.74) is 2.52. The Kier molecular flexibility index (Phi) is 5.61. The second-order valence-electron chi connectivity index (χ2n) is 6.04. The van der Waals surface area contributed by atoms with E-state index in [2.05, 4.69) is 56.9 Å². The lowest BCUT2D eigenvalue weighted by Crippen LogP contribution is -2.27. The molecule has 1 aromatic heterocycles. The Morgan fingerprint density at radius 2 is 2.13 bits per heavy atom. The first-order chi connectivity index (χ1) is 11.4. The molecule has 2 aromatic rings. The van der Waals surface area contributed by atoms with E-state index in [-0.39, 0.29) is 0 Å². The van der Waals surface area contributed by atoms with E-state index in [1.807, 2.05) is 12.5 Å². The van der Waals surface area contributed by atoms with Crippen LogP contribution in [0.3, 0.4) is 0 Å². The number of ether oxygens (including phenoxy) is 1. The molecular formula is C19H25N3O. The summed E-state index contributed by atoms with van der Waals surface area (Å²) in [6.45, 7) is 3.52. The Labute approximate surface area is 138 Å². The Morgan fingerprint density at radius 3 is 2.87 bits per heavy atom. The molecular weight excluding hydrogens is 286 g/mol. The highest BCUT2D eigenvalue weighted by molar-refractivity contribution is 5.48. The smallest absolute Gasteiger partial charge is 0.0949 e. The zero-order valence-corrected chi connectivity index (χ0v) is 13.8. The first-order valence-electron chi connectivity index (χ1n) is 8.30. The van der Waals surface area contributed by atoms with Crippen LogP contribution in [-0.4, -0.2) is 40.8 Å². The molecule has 3 rings (SSSR count). The zero-order valence-electron chi connectivity index (χ0n) is 13.8. The fraction of sp³-hybridized carbons (Fsp3) is 0.421. The summed E-state index contributed by atoms with van der Waals surface area (Å²) in [6, 6.07) is 11.2. The molecule has 0 saturated heterocycles. The van der Waals surface area contributed by atoms with Crippen LogP contribution in [0.15, 0.2) is 48.9 Å². The van der Waals surface area contributed by atoms with E-state index in [1.54, 1.807) is 7.11 Å². The molecule has 0 radical (unpaired) electrons. The van der Waals surface area contributed by atoms with Crippen molar-refractivity contribution in [1.82, 2.24) is 14.5 Å². The number of hydrogen-bond donors (Lipinski definition) is 0. The van der Waals surface area contributed by atoms with Crippen LogP contribution < -0.4 is 0 Å². The largest absolute Gasteiger partial charge is 0.383 e. The van der Waals surface area contributed by atoms with Gasteiger partial charge in [0.2, 0.25) is 0 Å². The standard InChI is InChI=1S/C19H25N3O/c1-23-13-12-22-16-20-14-19(22)15-21(18-9-10-18)11-5-8-17-6-3-2-4-7-17/h2-8,14,16,18H,9-13,15H2,1H3. The van der Waals surface area contributed by atoms with E-state index in [0.29, 0.717) is 0 Å². The number of methoxy groups -OCH3 is 1. The van der Waals surface area contributed by atoms with E-state index < -0.39 is 0 Å². The minimum atomic E-state index is 0.723. The third-order valence-electron chi connectivity index (χ3n) is 4.21. The van der Waals surface area contributed by atoms with E-state index in [4.69, 9.17) is 4.74 Å². The van der Waals surface area contributed by atoms with Crippen molar-refractivity contribution in [3.8, 4) is 0 Å². The van der Waals surface area contributed by atoms with Crippen LogP contribution in [0, 0.1) is 0 Å². The Balaban J connectivity index is 1.59. The molecule has 0 atom stereocenters. The van der Waals surface area contributed by atoms with Gasteiger partial charge < -0.3 is 9.30 Å². The van der Waals surface area contributed by atoms with Crippen molar-refractivity contribution in [1.29, 1.82) is 0 Å². The molecule has 0 unspecified atom stereocenters. The maximum absolute atomic E-state index is 5.18. The maximum Gasteiger partial charge on any atom is 0.0949 e. The SMILES string of the molecule is COCCn1cncc1CN(CC=Cc1ccccc1)C1CC1. The van der Waals surface area contributed by atoms with Crippen molar-refractivity contribution < 1.29 is 4.74 Å². The molecule has 4 nitrogen and oxygen atoms in total. The lowest BCUT2D eigenvalue weighted by atomic mass is 10.2. The lowest BCUT2D eigenvalue weighted by molar-refractivity contribution is 0.184. The van der Waals surface area contributed by atoms with Gasteiger partial charge in [0.05, 0.1) is 18.6 Å². The molecule has 23 heavy (non-hydrogen) atoms. The van der Waals surface area contributed by atoms with Gasteiger partial charge in [-0.15, -0.1) is 0 Å².